The fourth-order valence-electron chi connectivity index (χ4n) is 1.91. The summed E-state index contributed by atoms with van der Waals surface area (Å²) >= 11 is 0. The Morgan fingerprint density at radius 1 is 1.11 bits per heavy atom. The molecule has 96 valence electrons. The second-order valence-corrected chi connectivity index (χ2v) is 4.40. The zero-order valence-corrected chi connectivity index (χ0v) is 10.7. The second kappa shape index (κ2) is 6.36. The van der Waals surface area contributed by atoms with Gasteiger partial charge in [-0.25, -0.2) is 4.39 Å². The maximum atomic E-state index is 12.7. The molecule has 2 nitrogen and oxygen atoms in total. The SMILES string of the molecule is CCn1ccc(CNCCc2ccc(F)cc2)c1. The Kier molecular flexibility index (Phi) is 4.53. The lowest BCUT2D eigenvalue weighted by Crippen LogP contribution is -2.16. The molecule has 2 rings (SSSR count). The number of nitrogens with zero attached hydrogens (tertiary/aromatic N) is 1. The minimum absolute atomic E-state index is 0.174. The molecule has 1 heterocycles. The highest BCUT2D eigenvalue weighted by molar-refractivity contribution is 5.16. The highest BCUT2D eigenvalue weighted by Crippen LogP contribution is 2.04. The van der Waals surface area contributed by atoms with Gasteiger partial charge in [0.05, 0.1) is 0 Å². The predicted octanol–water partition coefficient (Wildman–Crippen LogP) is 2.98. The molecule has 0 aliphatic carbocycles. The van der Waals surface area contributed by atoms with Gasteiger partial charge in [-0.3, -0.25) is 0 Å². The Morgan fingerprint density at radius 2 is 1.89 bits per heavy atom. The maximum Gasteiger partial charge on any atom is 0.123 e. The first-order valence-electron chi connectivity index (χ1n) is 6.37. The smallest absolute Gasteiger partial charge is 0.123 e. The standard InChI is InChI=1S/C15H19FN2/c1-2-18-10-8-14(12-18)11-17-9-7-13-3-5-15(16)6-4-13/h3-6,8,10,12,17H,2,7,9,11H2,1H3. The van der Waals surface area contributed by atoms with Crippen LogP contribution in [-0.2, 0) is 19.5 Å². The molecule has 1 aromatic carbocycles. The molecule has 18 heavy (non-hydrogen) atoms. The van der Waals surface area contributed by atoms with Crippen LogP contribution in [-0.4, -0.2) is 11.1 Å². The molecule has 1 N–H and O–H groups in total. The summed E-state index contributed by atoms with van der Waals surface area (Å²) in [5, 5.41) is 3.40. The van der Waals surface area contributed by atoms with Crippen molar-refractivity contribution in [2.75, 3.05) is 6.54 Å². The molecule has 0 saturated carbocycles. The van der Waals surface area contributed by atoms with E-state index in [-0.39, 0.29) is 5.82 Å². The maximum absolute atomic E-state index is 12.7. The summed E-state index contributed by atoms with van der Waals surface area (Å²) in [5.74, 6) is -0.174. The topological polar surface area (TPSA) is 17.0 Å². The van der Waals surface area contributed by atoms with Crippen LogP contribution in [0.5, 0.6) is 0 Å². The lowest BCUT2D eigenvalue weighted by Gasteiger charge is -2.03. The number of hydrogen-bond acceptors (Lipinski definition) is 1. The summed E-state index contributed by atoms with van der Waals surface area (Å²) in [4.78, 5) is 0. The van der Waals surface area contributed by atoms with Gasteiger partial charge in [-0.15, -0.1) is 0 Å². The van der Waals surface area contributed by atoms with Gasteiger partial charge in [0, 0.05) is 25.5 Å². The van der Waals surface area contributed by atoms with Gasteiger partial charge in [-0.2, -0.15) is 0 Å². The molecular formula is C15H19FN2. The molecule has 2 aromatic rings. The van der Waals surface area contributed by atoms with Crippen LogP contribution in [0, 0.1) is 5.82 Å². The van der Waals surface area contributed by atoms with Crippen molar-refractivity contribution in [3.63, 3.8) is 0 Å². The van der Waals surface area contributed by atoms with E-state index in [1.165, 1.54) is 17.7 Å². The number of rotatable bonds is 6. The molecule has 0 bridgehead atoms. The third-order valence-electron chi connectivity index (χ3n) is 3.01. The molecule has 0 fully saturated rings. The highest BCUT2D eigenvalue weighted by atomic mass is 19.1. The molecule has 3 heteroatoms. The summed E-state index contributed by atoms with van der Waals surface area (Å²) in [5.41, 5.74) is 2.46. The van der Waals surface area contributed by atoms with Crippen LogP contribution in [0.3, 0.4) is 0 Å². The minimum Gasteiger partial charge on any atom is -0.354 e. The lowest BCUT2D eigenvalue weighted by molar-refractivity contribution is 0.626. The number of benzene rings is 1. The van der Waals surface area contributed by atoms with Crippen LogP contribution in [0.25, 0.3) is 0 Å². The predicted molar refractivity (Wildman–Crippen MR) is 71.9 cm³/mol. The summed E-state index contributed by atoms with van der Waals surface area (Å²) in [6.07, 6.45) is 5.18. The van der Waals surface area contributed by atoms with Crippen LogP contribution in [0.2, 0.25) is 0 Å². The third kappa shape index (κ3) is 3.70. The lowest BCUT2D eigenvalue weighted by atomic mass is 10.1. The molecule has 1 aromatic heterocycles. The quantitative estimate of drug-likeness (QED) is 0.775. The summed E-state index contributed by atoms with van der Waals surface area (Å²) < 4.78 is 14.9. The van der Waals surface area contributed by atoms with Crippen molar-refractivity contribution in [3.05, 3.63) is 59.7 Å². The molecule has 0 amide bonds. The van der Waals surface area contributed by atoms with E-state index in [4.69, 9.17) is 0 Å². The fourth-order valence-corrected chi connectivity index (χ4v) is 1.91. The van der Waals surface area contributed by atoms with E-state index in [1.807, 2.05) is 12.1 Å². The molecule has 0 radical (unpaired) electrons. The minimum atomic E-state index is -0.174. The number of aromatic nitrogens is 1. The van der Waals surface area contributed by atoms with Crippen molar-refractivity contribution < 1.29 is 4.39 Å². The molecule has 0 aliphatic rings. The Morgan fingerprint density at radius 3 is 2.56 bits per heavy atom. The van der Waals surface area contributed by atoms with Crippen molar-refractivity contribution in [2.45, 2.75) is 26.4 Å². The summed E-state index contributed by atoms with van der Waals surface area (Å²) in [6.45, 7) is 4.93. The van der Waals surface area contributed by atoms with E-state index in [0.717, 1.165) is 31.6 Å². The van der Waals surface area contributed by atoms with Gasteiger partial charge in [0.1, 0.15) is 5.82 Å². The van der Waals surface area contributed by atoms with Crippen molar-refractivity contribution in [1.82, 2.24) is 9.88 Å². The van der Waals surface area contributed by atoms with E-state index in [9.17, 15) is 4.39 Å². The summed E-state index contributed by atoms with van der Waals surface area (Å²) in [7, 11) is 0. The van der Waals surface area contributed by atoms with Gasteiger partial charge in [0.15, 0.2) is 0 Å². The first-order valence-corrected chi connectivity index (χ1v) is 6.37. The zero-order valence-electron chi connectivity index (χ0n) is 10.7. The van der Waals surface area contributed by atoms with Crippen LogP contribution in [0.15, 0.2) is 42.7 Å². The van der Waals surface area contributed by atoms with Crippen molar-refractivity contribution in [2.24, 2.45) is 0 Å². The second-order valence-electron chi connectivity index (χ2n) is 4.40. The van der Waals surface area contributed by atoms with Crippen molar-refractivity contribution in [3.8, 4) is 0 Å². The number of nitrogens with one attached hydrogen (secondary N) is 1. The molecule has 0 saturated heterocycles. The average Bonchev–Trinajstić information content (AvgIpc) is 2.85. The molecule has 0 atom stereocenters. The van der Waals surface area contributed by atoms with Gasteiger partial charge in [0.2, 0.25) is 0 Å². The number of halogens is 1. The molecular weight excluding hydrogens is 227 g/mol. The van der Waals surface area contributed by atoms with E-state index >= 15 is 0 Å². The Labute approximate surface area is 107 Å². The van der Waals surface area contributed by atoms with Crippen LogP contribution >= 0.6 is 0 Å². The Bertz CT molecular complexity index is 473. The van der Waals surface area contributed by atoms with Crippen LogP contribution in [0.4, 0.5) is 4.39 Å². The van der Waals surface area contributed by atoms with Crippen molar-refractivity contribution in [1.29, 1.82) is 0 Å². The van der Waals surface area contributed by atoms with Gasteiger partial charge >= 0.3 is 0 Å². The normalized spacial score (nSPS) is 10.8. The first-order chi connectivity index (χ1) is 8.78. The van der Waals surface area contributed by atoms with Crippen LogP contribution in [0.1, 0.15) is 18.1 Å². The van der Waals surface area contributed by atoms with Gasteiger partial charge < -0.3 is 9.88 Å². The van der Waals surface area contributed by atoms with Crippen LogP contribution < -0.4 is 5.32 Å². The summed E-state index contributed by atoms with van der Waals surface area (Å²) in [6, 6.07) is 8.83. The number of hydrogen-bond donors (Lipinski definition) is 1. The third-order valence-corrected chi connectivity index (χ3v) is 3.01. The van der Waals surface area contributed by atoms with E-state index < -0.39 is 0 Å². The Balaban J connectivity index is 1.71. The fraction of sp³-hybridized carbons (Fsp3) is 0.333. The number of aryl methyl sites for hydroxylation is 1. The molecule has 0 spiro atoms. The largest absolute Gasteiger partial charge is 0.354 e. The molecule has 0 unspecified atom stereocenters. The first kappa shape index (κ1) is 12.8. The Hall–Kier alpha value is -1.61. The van der Waals surface area contributed by atoms with E-state index in [2.05, 4.69) is 35.3 Å². The highest BCUT2D eigenvalue weighted by Gasteiger charge is 1.97. The van der Waals surface area contributed by atoms with Gasteiger partial charge in [0.25, 0.3) is 0 Å². The van der Waals surface area contributed by atoms with E-state index in [1.54, 1.807) is 0 Å². The monoisotopic (exact) mass is 246 g/mol. The van der Waals surface area contributed by atoms with Gasteiger partial charge in [-0.05, 0) is 49.2 Å². The zero-order chi connectivity index (χ0) is 12.8. The van der Waals surface area contributed by atoms with Gasteiger partial charge in [-0.1, -0.05) is 12.1 Å². The van der Waals surface area contributed by atoms with E-state index in [0.29, 0.717) is 0 Å². The average molecular weight is 246 g/mol. The molecule has 0 aliphatic heterocycles. The van der Waals surface area contributed by atoms with Crippen molar-refractivity contribution >= 4 is 0 Å².